The maximum Gasteiger partial charge on any atom is 0.236 e. The lowest BCUT2D eigenvalue weighted by molar-refractivity contribution is -0.113. The highest BCUT2D eigenvalue weighted by atomic mass is 32.2. The van der Waals surface area contributed by atoms with Crippen molar-refractivity contribution >= 4 is 34.1 Å². The van der Waals surface area contributed by atoms with Crippen LogP contribution in [0, 0.1) is 6.92 Å². The monoisotopic (exact) mass is 498 g/mol. The average Bonchev–Trinajstić information content (AvgIpc) is 3.52. The summed E-state index contributed by atoms with van der Waals surface area (Å²) in [6.07, 6.45) is 0. The Morgan fingerprint density at radius 1 is 1.06 bits per heavy atom. The number of aromatic nitrogens is 5. The first-order valence-corrected chi connectivity index (χ1v) is 11.9. The summed E-state index contributed by atoms with van der Waals surface area (Å²) in [5.41, 5.74) is 3.32. The molecule has 176 valence electrons. The van der Waals surface area contributed by atoms with E-state index < -0.39 is 0 Å². The lowest BCUT2D eigenvalue weighted by Crippen LogP contribution is -2.14. The zero-order valence-corrected chi connectivity index (χ0v) is 20.6. The Labute approximate surface area is 204 Å². The van der Waals surface area contributed by atoms with Crippen LogP contribution in [0.2, 0.25) is 0 Å². The molecule has 2 aromatic heterocycles. The van der Waals surface area contributed by atoms with Gasteiger partial charge in [0.2, 0.25) is 11.1 Å². The van der Waals surface area contributed by atoms with Gasteiger partial charge < -0.3 is 19.5 Å². The molecular weight excluding hydrogens is 476 g/mol. The molecule has 1 amide bonds. The standard InChI is InChI=1S/C22H22N6O4S2/c1-13-5-7-17(30-2)16(9-13)28-22(25-26-27-28)34-12-20(29)24-21-23-15(11-33-21)14-6-8-18(31-3)19(10-14)32-4/h5-11H,12H2,1-4H3,(H,23,24,29). The van der Waals surface area contributed by atoms with Gasteiger partial charge in [0.05, 0.1) is 32.8 Å². The number of amides is 1. The Morgan fingerprint density at radius 2 is 1.82 bits per heavy atom. The fraction of sp³-hybridized carbons (Fsp3) is 0.227. The number of nitrogens with zero attached hydrogens (tertiary/aromatic N) is 5. The van der Waals surface area contributed by atoms with Crippen LogP contribution >= 0.6 is 23.1 Å². The van der Waals surface area contributed by atoms with Crippen LogP contribution in [0.15, 0.2) is 46.9 Å². The topological polar surface area (TPSA) is 113 Å². The fourth-order valence-electron chi connectivity index (χ4n) is 3.13. The van der Waals surface area contributed by atoms with E-state index >= 15 is 0 Å². The third kappa shape index (κ3) is 5.13. The number of benzene rings is 2. The number of methoxy groups -OCH3 is 3. The number of aryl methyl sites for hydroxylation is 1. The molecule has 0 spiro atoms. The van der Waals surface area contributed by atoms with Crippen LogP contribution in [-0.4, -0.2) is 58.2 Å². The van der Waals surface area contributed by atoms with Crippen molar-refractivity contribution in [3.8, 4) is 34.2 Å². The minimum atomic E-state index is -0.219. The lowest BCUT2D eigenvalue weighted by atomic mass is 10.1. The maximum absolute atomic E-state index is 12.6. The molecule has 10 nitrogen and oxygen atoms in total. The number of thiazole rings is 1. The summed E-state index contributed by atoms with van der Waals surface area (Å²) in [5.74, 6) is 1.77. The first kappa shape index (κ1) is 23.5. The van der Waals surface area contributed by atoms with Crippen molar-refractivity contribution in [3.63, 3.8) is 0 Å². The zero-order valence-electron chi connectivity index (χ0n) is 18.9. The van der Waals surface area contributed by atoms with Crippen molar-refractivity contribution < 1.29 is 19.0 Å². The quantitative estimate of drug-likeness (QED) is 0.344. The smallest absolute Gasteiger partial charge is 0.236 e. The van der Waals surface area contributed by atoms with E-state index in [-0.39, 0.29) is 11.7 Å². The first-order chi connectivity index (χ1) is 16.5. The van der Waals surface area contributed by atoms with Gasteiger partial charge >= 0.3 is 0 Å². The van der Waals surface area contributed by atoms with Crippen molar-refractivity contribution in [2.45, 2.75) is 12.1 Å². The molecule has 0 aliphatic carbocycles. The molecule has 2 aromatic carbocycles. The van der Waals surface area contributed by atoms with E-state index in [0.29, 0.717) is 33.2 Å². The molecule has 0 radical (unpaired) electrons. The Bertz CT molecular complexity index is 1310. The van der Waals surface area contributed by atoms with Crippen LogP contribution in [0.5, 0.6) is 17.2 Å². The SMILES string of the molecule is COc1ccc(-c2csc(NC(=O)CSc3nnnn3-c3cc(C)ccc3OC)n2)cc1OC. The Morgan fingerprint density at radius 3 is 2.59 bits per heavy atom. The number of rotatable bonds is 9. The van der Waals surface area contributed by atoms with Crippen LogP contribution in [0.25, 0.3) is 16.9 Å². The number of hydrogen-bond acceptors (Lipinski definition) is 10. The van der Waals surface area contributed by atoms with Crippen molar-refractivity contribution in [1.29, 1.82) is 0 Å². The molecule has 1 N–H and O–H groups in total. The maximum atomic E-state index is 12.6. The van der Waals surface area contributed by atoms with Crippen molar-refractivity contribution in [2.75, 3.05) is 32.4 Å². The summed E-state index contributed by atoms with van der Waals surface area (Å²) < 4.78 is 17.6. The van der Waals surface area contributed by atoms with Gasteiger partial charge in [-0.15, -0.1) is 16.4 Å². The predicted molar refractivity (Wildman–Crippen MR) is 130 cm³/mol. The third-order valence-electron chi connectivity index (χ3n) is 4.77. The van der Waals surface area contributed by atoms with Gasteiger partial charge in [-0.05, 0) is 53.2 Å². The van der Waals surface area contributed by atoms with E-state index in [1.807, 2.05) is 48.7 Å². The molecule has 0 atom stereocenters. The third-order valence-corrected chi connectivity index (χ3v) is 6.44. The van der Waals surface area contributed by atoms with Gasteiger partial charge in [-0.2, -0.15) is 4.68 Å². The van der Waals surface area contributed by atoms with Gasteiger partial charge in [-0.25, -0.2) is 4.98 Å². The molecule has 34 heavy (non-hydrogen) atoms. The van der Waals surface area contributed by atoms with Crippen molar-refractivity contribution in [3.05, 3.63) is 47.3 Å². The molecule has 0 aliphatic heterocycles. The molecule has 12 heteroatoms. The summed E-state index contributed by atoms with van der Waals surface area (Å²) in [5, 5.41) is 17.5. The van der Waals surface area contributed by atoms with E-state index in [2.05, 4.69) is 25.8 Å². The molecule has 0 bridgehead atoms. The Balaban J connectivity index is 1.42. The number of ether oxygens (including phenoxy) is 3. The minimum Gasteiger partial charge on any atom is -0.494 e. The number of carbonyl (C=O) groups excluding carboxylic acids is 1. The molecule has 4 aromatic rings. The van der Waals surface area contributed by atoms with E-state index in [0.717, 1.165) is 16.8 Å². The highest BCUT2D eigenvalue weighted by Crippen LogP contribution is 2.33. The van der Waals surface area contributed by atoms with E-state index in [4.69, 9.17) is 14.2 Å². The summed E-state index contributed by atoms with van der Waals surface area (Å²) >= 11 is 2.56. The van der Waals surface area contributed by atoms with E-state index in [9.17, 15) is 4.79 Å². The van der Waals surface area contributed by atoms with Crippen molar-refractivity contribution in [2.24, 2.45) is 0 Å². The summed E-state index contributed by atoms with van der Waals surface area (Å²) in [4.78, 5) is 17.1. The first-order valence-electron chi connectivity index (χ1n) is 10.1. The molecule has 0 saturated carbocycles. The van der Waals surface area contributed by atoms with Gasteiger partial charge in [0, 0.05) is 10.9 Å². The van der Waals surface area contributed by atoms with Gasteiger partial charge in [0.25, 0.3) is 0 Å². The van der Waals surface area contributed by atoms with Crippen LogP contribution in [0.1, 0.15) is 5.56 Å². The van der Waals surface area contributed by atoms with Gasteiger partial charge in [0.15, 0.2) is 16.6 Å². The summed E-state index contributed by atoms with van der Waals surface area (Å²) in [6.45, 7) is 1.97. The molecule has 0 saturated heterocycles. The summed E-state index contributed by atoms with van der Waals surface area (Å²) in [6, 6.07) is 11.3. The minimum absolute atomic E-state index is 0.111. The van der Waals surface area contributed by atoms with Gasteiger partial charge in [-0.1, -0.05) is 17.8 Å². The van der Waals surface area contributed by atoms with Crippen LogP contribution in [0.3, 0.4) is 0 Å². The number of hydrogen-bond donors (Lipinski definition) is 1. The molecular formula is C22H22N6O4S2. The fourth-order valence-corrected chi connectivity index (χ4v) is 4.55. The normalized spacial score (nSPS) is 10.7. The predicted octanol–water partition coefficient (Wildman–Crippen LogP) is 3.85. The van der Waals surface area contributed by atoms with Crippen LogP contribution < -0.4 is 19.5 Å². The van der Waals surface area contributed by atoms with E-state index in [1.54, 1.807) is 26.0 Å². The number of nitrogens with one attached hydrogen (secondary N) is 1. The molecule has 0 fully saturated rings. The molecule has 4 rings (SSSR count). The number of carbonyl (C=O) groups is 1. The Kier molecular flexibility index (Phi) is 7.28. The second-order valence-electron chi connectivity index (χ2n) is 6.99. The highest BCUT2D eigenvalue weighted by Gasteiger charge is 2.16. The van der Waals surface area contributed by atoms with Crippen LogP contribution in [0.4, 0.5) is 5.13 Å². The number of thioether (sulfide) groups is 1. The second kappa shape index (κ2) is 10.5. The molecule has 2 heterocycles. The second-order valence-corrected chi connectivity index (χ2v) is 8.79. The number of tetrazole rings is 1. The number of anilines is 1. The average molecular weight is 499 g/mol. The molecule has 0 aliphatic rings. The highest BCUT2D eigenvalue weighted by molar-refractivity contribution is 7.99. The zero-order chi connectivity index (χ0) is 24.1. The summed E-state index contributed by atoms with van der Waals surface area (Å²) in [7, 11) is 4.75. The van der Waals surface area contributed by atoms with Gasteiger partial charge in [-0.3, -0.25) is 4.79 Å². The Hall–Kier alpha value is -3.64. The van der Waals surface area contributed by atoms with Gasteiger partial charge in [0.1, 0.15) is 11.4 Å². The molecule has 0 unspecified atom stereocenters. The largest absolute Gasteiger partial charge is 0.494 e. The lowest BCUT2D eigenvalue weighted by Gasteiger charge is -2.10. The van der Waals surface area contributed by atoms with Crippen molar-refractivity contribution in [1.82, 2.24) is 25.2 Å². The van der Waals surface area contributed by atoms with E-state index in [1.165, 1.54) is 23.1 Å². The van der Waals surface area contributed by atoms with Crippen LogP contribution in [-0.2, 0) is 4.79 Å².